The van der Waals surface area contributed by atoms with Gasteiger partial charge < -0.3 is 9.15 Å². The highest BCUT2D eigenvalue weighted by Crippen LogP contribution is 2.34. The second-order valence-electron chi connectivity index (χ2n) is 10.5. The van der Waals surface area contributed by atoms with Crippen LogP contribution in [0.3, 0.4) is 0 Å². The Kier molecular flexibility index (Phi) is 8.94. The lowest BCUT2D eigenvalue weighted by molar-refractivity contribution is -0.153. The topological polar surface area (TPSA) is 76.8 Å². The molecule has 0 amide bonds. The Bertz CT molecular complexity index is 1880. The van der Waals surface area contributed by atoms with Gasteiger partial charge in [-0.1, -0.05) is 78.9 Å². The molecular formula is C34H30F3NO5S. The summed E-state index contributed by atoms with van der Waals surface area (Å²) in [7, 11) is -2.74. The number of carbonyl (C=O) groups is 1. The Morgan fingerprint density at radius 3 is 2.27 bits per heavy atom. The average molecular weight is 622 g/mol. The van der Waals surface area contributed by atoms with Crippen LogP contribution in [0.4, 0.5) is 13.2 Å². The summed E-state index contributed by atoms with van der Waals surface area (Å²) in [5.74, 6) is -2.43. The molecule has 0 radical (unpaired) electrons. The van der Waals surface area contributed by atoms with Gasteiger partial charge in [-0.2, -0.15) is 13.2 Å². The summed E-state index contributed by atoms with van der Waals surface area (Å²) in [5.41, 5.74) is 3.35. The molecule has 5 rings (SSSR count). The summed E-state index contributed by atoms with van der Waals surface area (Å²) in [5, 5.41) is 2.12. The normalized spacial score (nSPS) is 12.9. The smallest absolute Gasteiger partial charge is 0.449 e. The van der Waals surface area contributed by atoms with Crippen LogP contribution in [-0.4, -0.2) is 32.1 Å². The van der Waals surface area contributed by atoms with Crippen LogP contribution in [0.2, 0.25) is 0 Å². The third-order valence-electron chi connectivity index (χ3n) is 7.52. The molecule has 228 valence electrons. The number of fused-ring (bicyclic) bond motifs is 1. The number of hydrogen-bond donors (Lipinski definition) is 0. The Morgan fingerprint density at radius 1 is 0.864 bits per heavy atom. The summed E-state index contributed by atoms with van der Waals surface area (Å²) >= 11 is 0. The van der Waals surface area contributed by atoms with E-state index in [9.17, 15) is 26.4 Å². The molecule has 1 heterocycles. The van der Waals surface area contributed by atoms with Gasteiger partial charge in [0.15, 0.2) is 15.6 Å². The van der Waals surface area contributed by atoms with Gasteiger partial charge in [0.25, 0.3) is 0 Å². The van der Waals surface area contributed by atoms with E-state index < -0.39 is 33.5 Å². The highest BCUT2D eigenvalue weighted by atomic mass is 32.2. The molecule has 1 unspecified atom stereocenters. The van der Waals surface area contributed by atoms with Gasteiger partial charge in [0.05, 0.1) is 18.6 Å². The van der Waals surface area contributed by atoms with Crippen molar-refractivity contribution in [2.75, 3.05) is 12.9 Å². The van der Waals surface area contributed by atoms with Crippen molar-refractivity contribution in [2.45, 2.75) is 37.1 Å². The van der Waals surface area contributed by atoms with Crippen LogP contribution >= 0.6 is 0 Å². The third-order valence-corrected chi connectivity index (χ3v) is 9.11. The molecule has 10 heteroatoms. The molecule has 0 aliphatic rings. The van der Waals surface area contributed by atoms with E-state index in [-0.39, 0.29) is 23.2 Å². The van der Waals surface area contributed by atoms with Crippen LogP contribution in [0.1, 0.15) is 35.6 Å². The van der Waals surface area contributed by atoms with Gasteiger partial charge in [0, 0.05) is 12.6 Å². The number of benzene rings is 4. The summed E-state index contributed by atoms with van der Waals surface area (Å²) in [6.45, 7) is 2.56. The number of alkyl halides is 3. The maximum Gasteiger partial charge on any atom is 0.449 e. The number of ether oxygens (including phenoxy) is 1. The van der Waals surface area contributed by atoms with Gasteiger partial charge in [-0.15, -0.1) is 0 Å². The van der Waals surface area contributed by atoms with Gasteiger partial charge in [-0.05, 0) is 64.2 Å². The minimum Gasteiger partial charge on any atom is -0.468 e. The second kappa shape index (κ2) is 12.7. The summed E-state index contributed by atoms with van der Waals surface area (Å²) in [4.78, 5) is 13.6. The molecular weight excluding hydrogens is 591 g/mol. The molecule has 1 aromatic heterocycles. The molecule has 0 aliphatic carbocycles. The Labute approximate surface area is 253 Å². The van der Waals surface area contributed by atoms with E-state index in [1.54, 1.807) is 12.1 Å². The summed E-state index contributed by atoms with van der Waals surface area (Å²) in [6.07, 6.45) is -4.57. The van der Waals surface area contributed by atoms with Gasteiger partial charge in [0.2, 0.25) is 5.76 Å². The van der Waals surface area contributed by atoms with Crippen molar-refractivity contribution in [3.8, 4) is 11.1 Å². The fraction of sp³-hybridized carbons (Fsp3) is 0.206. The first-order chi connectivity index (χ1) is 20.9. The highest BCUT2D eigenvalue weighted by molar-refractivity contribution is 7.92. The van der Waals surface area contributed by atoms with Crippen molar-refractivity contribution in [1.29, 1.82) is 0 Å². The Hall–Kier alpha value is -4.41. The van der Waals surface area contributed by atoms with Crippen molar-refractivity contribution < 1.29 is 35.5 Å². The maximum atomic E-state index is 13.3. The zero-order chi connectivity index (χ0) is 31.5. The van der Waals surface area contributed by atoms with Gasteiger partial charge in [-0.25, -0.2) is 8.42 Å². The fourth-order valence-corrected chi connectivity index (χ4v) is 6.35. The Balaban J connectivity index is 1.43. The number of methoxy groups -OCH3 is 1. The predicted molar refractivity (Wildman–Crippen MR) is 161 cm³/mol. The number of sulfone groups is 1. The van der Waals surface area contributed by atoms with E-state index >= 15 is 0 Å². The monoisotopic (exact) mass is 621 g/mol. The van der Waals surface area contributed by atoms with Crippen molar-refractivity contribution in [1.82, 2.24) is 4.90 Å². The van der Waals surface area contributed by atoms with Crippen LogP contribution in [0, 0.1) is 0 Å². The number of furan rings is 1. The number of nitrogens with zero attached hydrogens (tertiary/aromatic N) is 1. The van der Waals surface area contributed by atoms with E-state index in [0.717, 1.165) is 40.6 Å². The molecule has 0 aliphatic heterocycles. The third kappa shape index (κ3) is 7.03. The van der Waals surface area contributed by atoms with Crippen LogP contribution in [0.25, 0.3) is 21.9 Å². The van der Waals surface area contributed by atoms with Crippen molar-refractivity contribution >= 4 is 26.6 Å². The maximum absolute atomic E-state index is 13.3. The quantitative estimate of drug-likeness (QED) is 0.148. The standard InChI is InChI=1S/C34H30F3NO5S/c1-23(30-12-6-8-26-7-3-4-11-31(26)30)38(21-28-17-18-32(43-28)34(35,36)37)20-24-13-15-25(16-14-24)27-9-5-10-29(19-27)44(40,41)22-33(39)42-2/h3-19,23H,20-22H2,1-2H3. The van der Waals surface area contributed by atoms with E-state index in [2.05, 4.69) is 9.64 Å². The van der Waals surface area contributed by atoms with E-state index in [1.165, 1.54) is 18.2 Å². The molecule has 0 fully saturated rings. The van der Waals surface area contributed by atoms with Crippen LogP contribution < -0.4 is 0 Å². The SMILES string of the molecule is COC(=O)CS(=O)(=O)c1cccc(-c2ccc(CN(Cc3ccc(C(F)(F)F)o3)C(C)c3cccc4ccccc34)cc2)c1. The summed E-state index contributed by atoms with van der Waals surface area (Å²) in [6, 6.07) is 29.9. The first kappa shape index (κ1) is 31.0. The molecule has 0 spiro atoms. The largest absolute Gasteiger partial charge is 0.468 e. The van der Waals surface area contributed by atoms with E-state index in [1.807, 2.05) is 73.7 Å². The highest BCUT2D eigenvalue weighted by Gasteiger charge is 2.35. The minimum atomic E-state index is -4.57. The van der Waals surface area contributed by atoms with Crippen LogP contribution in [-0.2, 0) is 38.6 Å². The number of esters is 1. The lowest BCUT2D eigenvalue weighted by atomic mass is 9.98. The fourth-order valence-electron chi connectivity index (χ4n) is 5.16. The lowest BCUT2D eigenvalue weighted by Gasteiger charge is -2.30. The number of rotatable bonds is 10. The van der Waals surface area contributed by atoms with Crippen LogP contribution in [0.15, 0.2) is 112 Å². The van der Waals surface area contributed by atoms with E-state index in [0.29, 0.717) is 12.1 Å². The molecule has 44 heavy (non-hydrogen) atoms. The van der Waals surface area contributed by atoms with Gasteiger partial charge in [0.1, 0.15) is 5.76 Å². The molecule has 0 saturated carbocycles. The first-order valence-corrected chi connectivity index (χ1v) is 15.5. The first-order valence-electron chi connectivity index (χ1n) is 13.8. The lowest BCUT2D eigenvalue weighted by Crippen LogP contribution is -2.26. The number of hydrogen-bond acceptors (Lipinski definition) is 6. The molecule has 4 aromatic carbocycles. The zero-order valence-corrected chi connectivity index (χ0v) is 24.9. The molecule has 0 bridgehead atoms. The van der Waals surface area contributed by atoms with Crippen LogP contribution in [0.5, 0.6) is 0 Å². The summed E-state index contributed by atoms with van der Waals surface area (Å²) < 4.78 is 74.8. The molecule has 0 N–H and O–H groups in total. The molecule has 5 aromatic rings. The predicted octanol–water partition coefficient (Wildman–Crippen LogP) is 7.83. The van der Waals surface area contributed by atoms with Crippen molar-refractivity contribution in [3.63, 3.8) is 0 Å². The molecule has 0 saturated heterocycles. The second-order valence-corrected chi connectivity index (χ2v) is 12.5. The number of carbonyl (C=O) groups excluding carboxylic acids is 1. The van der Waals surface area contributed by atoms with Crippen molar-refractivity contribution in [3.05, 3.63) is 126 Å². The number of halogens is 3. The van der Waals surface area contributed by atoms with Gasteiger partial charge >= 0.3 is 12.1 Å². The zero-order valence-electron chi connectivity index (χ0n) is 24.0. The van der Waals surface area contributed by atoms with E-state index in [4.69, 9.17) is 4.42 Å². The molecule has 1 atom stereocenters. The Morgan fingerprint density at radius 2 is 1.57 bits per heavy atom. The minimum absolute atomic E-state index is 0.0104. The van der Waals surface area contributed by atoms with Crippen molar-refractivity contribution in [2.24, 2.45) is 0 Å². The average Bonchev–Trinajstić information content (AvgIpc) is 3.50. The molecule has 6 nitrogen and oxygen atoms in total. The van der Waals surface area contributed by atoms with Gasteiger partial charge in [-0.3, -0.25) is 9.69 Å².